The van der Waals surface area contributed by atoms with Gasteiger partial charge in [-0.1, -0.05) is 78.9 Å². The Bertz CT molecular complexity index is 1520. The Morgan fingerprint density at radius 1 is 0.816 bits per heavy atom. The molecule has 0 saturated carbocycles. The fraction of sp³-hybridized carbons (Fsp3) is 0.194. The van der Waals surface area contributed by atoms with E-state index in [1.54, 1.807) is 0 Å². The van der Waals surface area contributed by atoms with Gasteiger partial charge in [-0.25, -0.2) is 0 Å². The summed E-state index contributed by atoms with van der Waals surface area (Å²) < 4.78 is 6.41. The standard InChI is InChI=1S/C31H29N5O2/c37-31(21-36-33-28-15-7-8-16-29(28)34-36)35-20-25-13-4-6-14-27(25)32-19-24-12-5-9-17-30(24)38-22-26(35)18-23-10-2-1-3-11-23/h1-17,26,32H,18-22H2/t26-/m0/s1. The van der Waals surface area contributed by atoms with Crippen LogP contribution in [0.4, 0.5) is 5.69 Å². The molecule has 7 nitrogen and oxygen atoms in total. The van der Waals surface area contributed by atoms with E-state index in [4.69, 9.17) is 4.74 Å². The van der Waals surface area contributed by atoms with Gasteiger partial charge in [-0.3, -0.25) is 4.79 Å². The van der Waals surface area contributed by atoms with E-state index in [2.05, 4.69) is 45.8 Å². The minimum atomic E-state index is -0.200. The third-order valence-electron chi connectivity index (χ3n) is 6.91. The molecule has 1 aromatic heterocycles. The molecule has 7 heteroatoms. The largest absolute Gasteiger partial charge is 0.491 e. The maximum Gasteiger partial charge on any atom is 0.246 e. The Morgan fingerprint density at radius 3 is 2.26 bits per heavy atom. The van der Waals surface area contributed by atoms with Crippen molar-refractivity contribution in [1.82, 2.24) is 19.9 Å². The Morgan fingerprint density at radius 2 is 1.47 bits per heavy atom. The van der Waals surface area contributed by atoms with Crippen LogP contribution in [0, 0.1) is 0 Å². The van der Waals surface area contributed by atoms with Crippen molar-refractivity contribution in [2.24, 2.45) is 0 Å². The first kappa shape index (κ1) is 23.7. The topological polar surface area (TPSA) is 72.3 Å². The molecule has 38 heavy (non-hydrogen) atoms. The van der Waals surface area contributed by atoms with Crippen molar-refractivity contribution in [2.75, 3.05) is 11.9 Å². The van der Waals surface area contributed by atoms with Crippen molar-refractivity contribution in [3.05, 3.63) is 120 Å². The first-order chi connectivity index (χ1) is 18.7. The van der Waals surface area contributed by atoms with Crippen LogP contribution in [-0.2, 0) is 30.8 Å². The molecule has 2 heterocycles. The van der Waals surface area contributed by atoms with Crippen LogP contribution in [-0.4, -0.2) is 38.4 Å². The molecule has 0 unspecified atom stereocenters. The highest BCUT2D eigenvalue weighted by atomic mass is 16.5. The van der Waals surface area contributed by atoms with Gasteiger partial charge in [-0.05, 0) is 41.8 Å². The molecule has 0 fully saturated rings. The maximum atomic E-state index is 14.0. The molecular formula is C31H29N5O2. The summed E-state index contributed by atoms with van der Waals surface area (Å²) in [5.41, 5.74) is 5.82. The first-order valence-corrected chi connectivity index (χ1v) is 12.9. The van der Waals surface area contributed by atoms with Crippen LogP contribution in [0.3, 0.4) is 0 Å². The van der Waals surface area contributed by atoms with Crippen LogP contribution in [0.2, 0.25) is 0 Å². The van der Waals surface area contributed by atoms with Gasteiger partial charge in [0.05, 0.1) is 6.04 Å². The van der Waals surface area contributed by atoms with Crippen LogP contribution in [0.5, 0.6) is 5.75 Å². The molecule has 1 aliphatic rings. The quantitative estimate of drug-likeness (QED) is 0.371. The maximum absolute atomic E-state index is 14.0. The van der Waals surface area contributed by atoms with Gasteiger partial charge in [0, 0.05) is 24.3 Å². The number of hydrogen-bond acceptors (Lipinski definition) is 5. The number of para-hydroxylation sites is 2. The van der Waals surface area contributed by atoms with Gasteiger partial charge in [0.15, 0.2) is 0 Å². The number of amides is 1. The zero-order chi connectivity index (χ0) is 25.7. The SMILES string of the molecule is O=C(Cn1nc2ccccc2n1)N1Cc2ccccc2NCc2ccccc2OC[C@@H]1Cc1ccccc1. The number of benzene rings is 4. The number of hydrogen-bond donors (Lipinski definition) is 1. The number of rotatable bonds is 4. The third-order valence-corrected chi connectivity index (χ3v) is 6.91. The monoisotopic (exact) mass is 503 g/mol. The second-order valence-electron chi connectivity index (χ2n) is 9.51. The smallest absolute Gasteiger partial charge is 0.246 e. The number of aromatic nitrogens is 3. The van der Waals surface area contributed by atoms with E-state index in [1.165, 1.54) is 4.80 Å². The molecule has 0 radical (unpaired) electrons. The van der Waals surface area contributed by atoms with E-state index in [-0.39, 0.29) is 18.5 Å². The average Bonchev–Trinajstić information content (AvgIpc) is 3.35. The summed E-state index contributed by atoms with van der Waals surface area (Å²) in [4.78, 5) is 17.4. The van der Waals surface area contributed by atoms with Crippen molar-refractivity contribution < 1.29 is 9.53 Å². The van der Waals surface area contributed by atoms with Gasteiger partial charge in [0.2, 0.25) is 5.91 Å². The molecule has 190 valence electrons. The number of carbonyl (C=O) groups excluding carboxylic acids is 1. The zero-order valence-corrected chi connectivity index (χ0v) is 21.0. The lowest BCUT2D eigenvalue weighted by atomic mass is 10.0. The highest BCUT2D eigenvalue weighted by molar-refractivity contribution is 5.78. The lowest BCUT2D eigenvalue weighted by Gasteiger charge is -2.32. The number of ether oxygens (including phenoxy) is 1. The second kappa shape index (κ2) is 10.8. The average molecular weight is 504 g/mol. The lowest BCUT2D eigenvalue weighted by Crippen LogP contribution is -2.46. The molecule has 1 amide bonds. The normalized spacial score (nSPS) is 15.5. The lowest BCUT2D eigenvalue weighted by molar-refractivity contribution is -0.136. The molecular weight excluding hydrogens is 474 g/mol. The number of nitrogens with one attached hydrogen (secondary N) is 1. The summed E-state index contributed by atoms with van der Waals surface area (Å²) in [5, 5.41) is 12.6. The summed E-state index contributed by atoms with van der Waals surface area (Å²) in [6.07, 6.45) is 0.666. The van der Waals surface area contributed by atoms with Crippen molar-refractivity contribution in [3.63, 3.8) is 0 Å². The minimum absolute atomic E-state index is 0.0478. The molecule has 1 atom stereocenters. The predicted octanol–water partition coefficient (Wildman–Crippen LogP) is 5.08. The summed E-state index contributed by atoms with van der Waals surface area (Å²) >= 11 is 0. The van der Waals surface area contributed by atoms with E-state index < -0.39 is 0 Å². The Kier molecular flexibility index (Phi) is 6.72. The van der Waals surface area contributed by atoms with Crippen molar-refractivity contribution in [3.8, 4) is 5.75 Å². The molecule has 6 rings (SSSR count). The van der Waals surface area contributed by atoms with E-state index in [0.717, 1.165) is 39.2 Å². The minimum Gasteiger partial charge on any atom is -0.491 e. The number of carbonyl (C=O) groups is 1. The van der Waals surface area contributed by atoms with Gasteiger partial charge >= 0.3 is 0 Å². The van der Waals surface area contributed by atoms with Crippen molar-refractivity contribution in [2.45, 2.75) is 32.1 Å². The Balaban J connectivity index is 1.38. The second-order valence-corrected chi connectivity index (χ2v) is 9.51. The fourth-order valence-corrected chi connectivity index (χ4v) is 4.93. The van der Waals surface area contributed by atoms with Crippen LogP contribution >= 0.6 is 0 Å². The molecule has 0 bridgehead atoms. The van der Waals surface area contributed by atoms with Gasteiger partial charge in [0.25, 0.3) is 0 Å². The van der Waals surface area contributed by atoms with Crippen LogP contribution < -0.4 is 10.1 Å². The summed E-state index contributed by atoms with van der Waals surface area (Å²) in [5.74, 6) is 0.766. The third kappa shape index (κ3) is 5.22. The van der Waals surface area contributed by atoms with Crippen LogP contribution in [0.1, 0.15) is 16.7 Å². The van der Waals surface area contributed by atoms with E-state index in [0.29, 0.717) is 26.1 Å². The highest BCUT2D eigenvalue weighted by Crippen LogP contribution is 2.26. The Labute approximate surface area is 221 Å². The molecule has 0 saturated heterocycles. The number of anilines is 1. The Hall–Kier alpha value is -4.65. The zero-order valence-electron chi connectivity index (χ0n) is 21.0. The highest BCUT2D eigenvalue weighted by Gasteiger charge is 2.27. The molecule has 1 N–H and O–H groups in total. The first-order valence-electron chi connectivity index (χ1n) is 12.9. The number of nitrogens with zero attached hydrogens (tertiary/aromatic N) is 4. The molecule has 0 spiro atoms. The van der Waals surface area contributed by atoms with Crippen molar-refractivity contribution >= 4 is 22.6 Å². The van der Waals surface area contributed by atoms with E-state index in [1.807, 2.05) is 77.7 Å². The predicted molar refractivity (Wildman–Crippen MR) is 148 cm³/mol. The van der Waals surface area contributed by atoms with Gasteiger partial charge < -0.3 is 15.0 Å². The summed E-state index contributed by atoms with van der Waals surface area (Å²) in [7, 11) is 0. The van der Waals surface area contributed by atoms with E-state index >= 15 is 0 Å². The molecule has 5 aromatic rings. The fourth-order valence-electron chi connectivity index (χ4n) is 4.93. The van der Waals surface area contributed by atoms with Crippen LogP contribution in [0.15, 0.2) is 103 Å². The summed E-state index contributed by atoms with van der Waals surface area (Å²) in [6.45, 7) is 1.49. The molecule has 4 aromatic carbocycles. The van der Waals surface area contributed by atoms with Gasteiger partial charge in [-0.15, -0.1) is 0 Å². The van der Waals surface area contributed by atoms with Gasteiger partial charge in [0.1, 0.15) is 29.9 Å². The summed E-state index contributed by atoms with van der Waals surface area (Å²) in [6, 6.07) is 34.0. The van der Waals surface area contributed by atoms with E-state index in [9.17, 15) is 4.79 Å². The van der Waals surface area contributed by atoms with Crippen LogP contribution in [0.25, 0.3) is 11.0 Å². The molecule has 0 aliphatic carbocycles. The molecule has 1 aliphatic heterocycles. The van der Waals surface area contributed by atoms with Gasteiger partial charge in [-0.2, -0.15) is 15.0 Å². The van der Waals surface area contributed by atoms with Crippen molar-refractivity contribution in [1.29, 1.82) is 0 Å². The number of fused-ring (bicyclic) bond motifs is 3.